The van der Waals surface area contributed by atoms with E-state index in [2.05, 4.69) is 31.2 Å². The number of hydrogen-bond acceptors (Lipinski definition) is 4. The molecule has 6 nitrogen and oxygen atoms in total. The van der Waals surface area contributed by atoms with Gasteiger partial charge in [0.25, 0.3) is 0 Å². The zero-order valence-corrected chi connectivity index (χ0v) is 17.3. The van der Waals surface area contributed by atoms with Crippen LogP contribution in [0.15, 0.2) is 18.2 Å². The highest BCUT2D eigenvalue weighted by Gasteiger charge is 2.15. The second kappa shape index (κ2) is 9.44. The van der Waals surface area contributed by atoms with Crippen molar-refractivity contribution >= 4 is 5.91 Å². The lowest BCUT2D eigenvalue weighted by molar-refractivity contribution is -0.121. The zero-order valence-electron chi connectivity index (χ0n) is 17.3. The second-order valence-electron chi connectivity index (χ2n) is 7.15. The number of nitrogens with one attached hydrogen (secondary N) is 1. The summed E-state index contributed by atoms with van der Waals surface area (Å²) in [5.74, 6) is 1.86. The molecule has 2 rings (SSSR count). The number of amides is 1. The first-order chi connectivity index (χ1) is 12.9. The molecule has 6 heteroatoms. The van der Waals surface area contributed by atoms with Crippen molar-refractivity contribution in [3.63, 3.8) is 0 Å². The van der Waals surface area contributed by atoms with Gasteiger partial charge in [0.15, 0.2) is 11.5 Å². The van der Waals surface area contributed by atoms with Gasteiger partial charge in [-0.25, -0.2) is 0 Å². The van der Waals surface area contributed by atoms with Gasteiger partial charge in [-0.15, -0.1) is 0 Å². The standard InChI is InChI=1S/C21H31N3O3/c1-14(2)13-24-16(4)18(15(3)23-24)10-11-20(25)22-12-17-8-7-9-19(26-5)21(17)27-6/h7-9,14H,10-13H2,1-6H3,(H,22,25). The van der Waals surface area contributed by atoms with Crippen LogP contribution in [0.1, 0.15) is 42.8 Å². The molecule has 0 radical (unpaired) electrons. The van der Waals surface area contributed by atoms with Gasteiger partial charge in [-0.2, -0.15) is 5.10 Å². The van der Waals surface area contributed by atoms with Gasteiger partial charge >= 0.3 is 0 Å². The van der Waals surface area contributed by atoms with Crippen LogP contribution in [0.2, 0.25) is 0 Å². The van der Waals surface area contributed by atoms with Crippen LogP contribution in [0, 0.1) is 19.8 Å². The van der Waals surface area contributed by atoms with Gasteiger partial charge in [-0.1, -0.05) is 26.0 Å². The van der Waals surface area contributed by atoms with Gasteiger partial charge in [0, 0.05) is 30.8 Å². The first-order valence-electron chi connectivity index (χ1n) is 9.36. The zero-order chi connectivity index (χ0) is 20.0. The minimum absolute atomic E-state index is 0.00952. The summed E-state index contributed by atoms with van der Waals surface area (Å²) in [7, 11) is 3.20. The van der Waals surface area contributed by atoms with Crippen molar-refractivity contribution in [3.8, 4) is 11.5 Å². The molecule has 0 fully saturated rings. The van der Waals surface area contributed by atoms with Crippen molar-refractivity contribution in [3.05, 3.63) is 40.7 Å². The van der Waals surface area contributed by atoms with Crippen molar-refractivity contribution < 1.29 is 14.3 Å². The number of ether oxygens (including phenoxy) is 2. The first kappa shape index (κ1) is 20.8. The molecule has 1 aromatic heterocycles. The molecule has 0 aliphatic rings. The topological polar surface area (TPSA) is 65.4 Å². The molecule has 0 bridgehead atoms. The highest BCUT2D eigenvalue weighted by molar-refractivity contribution is 5.76. The molecule has 148 valence electrons. The van der Waals surface area contributed by atoms with E-state index in [9.17, 15) is 4.79 Å². The average molecular weight is 373 g/mol. The van der Waals surface area contributed by atoms with Gasteiger partial charge < -0.3 is 14.8 Å². The summed E-state index contributed by atoms with van der Waals surface area (Å²) in [6, 6.07) is 5.65. The van der Waals surface area contributed by atoms with Crippen LogP contribution >= 0.6 is 0 Å². The molecule has 0 spiro atoms. The van der Waals surface area contributed by atoms with Gasteiger partial charge in [0.1, 0.15) is 0 Å². The molecule has 1 aromatic carbocycles. The third kappa shape index (κ3) is 5.25. The monoisotopic (exact) mass is 373 g/mol. The quantitative estimate of drug-likeness (QED) is 0.731. The molecule has 1 heterocycles. The number of rotatable bonds is 9. The number of aromatic nitrogens is 2. The SMILES string of the molecule is COc1cccc(CNC(=O)CCc2c(C)nn(CC(C)C)c2C)c1OC. The minimum Gasteiger partial charge on any atom is -0.493 e. The predicted molar refractivity (Wildman–Crippen MR) is 106 cm³/mol. The van der Waals surface area contributed by atoms with Crippen LogP contribution in [0.5, 0.6) is 11.5 Å². The van der Waals surface area contributed by atoms with Crippen molar-refractivity contribution in [1.82, 2.24) is 15.1 Å². The van der Waals surface area contributed by atoms with E-state index in [-0.39, 0.29) is 5.91 Å². The minimum atomic E-state index is 0.00952. The van der Waals surface area contributed by atoms with Crippen molar-refractivity contribution in [2.75, 3.05) is 14.2 Å². The number of hydrogen-bond donors (Lipinski definition) is 1. The number of para-hydroxylation sites is 1. The molecule has 0 saturated carbocycles. The predicted octanol–water partition coefficient (Wildman–Crippen LogP) is 3.42. The van der Waals surface area contributed by atoms with Gasteiger partial charge in [0.05, 0.1) is 19.9 Å². The third-order valence-corrected chi connectivity index (χ3v) is 4.63. The smallest absolute Gasteiger partial charge is 0.220 e. The van der Waals surface area contributed by atoms with Crippen LogP contribution in [-0.4, -0.2) is 29.9 Å². The molecule has 27 heavy (non-hydrogen) atoms. The number of aryl methyl sites for hydroxylation is 1. The Hall–Kier alpha value is -2.50. The summed E-state index contributed by atoms with van der Waals surface area (Å²) in [6.45, 7) is 9.75. The molecule has 1 amide bonds. The molecular weight excluding hydrogens is 342 g/mol. The summed E-state index contributed by atoms with van der Waals surface area (Å²) in [5, 5.41) is 7.59. The summed E-state index contributed by atoms with van der Waals surface area (Å²) < 4.78 is 12.8. The van der Waals surface area contributed by atoms with Gasteiger partial charge in [-0.05, 0) is 37.8 Å². The number of carbonyl (C=O) groups is 1. The Labute approximate surface area is 161 Å². The molecule has 1 N–H and O–H groups in total. The van der Waals surface area contributed by atoms with E-state index in [1.165, 1.54) is 5.56 Å². The van der Waals surface area contributed by atoms with E-state index >= 15 is 0 Å². The van der Waals surface area contributed by atoms with Crippen LogP contribution in [0.25, 0.3) is 0 Å². The van der Waals surface area contributed by atoms with E-state index in [1.807, 2.05) is 29.8 Å². The van der Waals surface area contributed by atoms with Crippen molar-refractivity contribution in [2.24, 2.45) is 5.92 Å². The highest BCUT2D eigenvalue weighted by atomic mass is 16.5. The number of nitrogens with zero attached hydrogens (tertiary/aromatic N) is 2. The van der Waals surface area contributed by atoms with E-state index in [0.29, 0.717) is 36.8 Å². The fraction of sp³-hybridized carbons (Fsp3) is 0.524. The lowest BCUT2D eigenvalue weighted by Crippen LogP contribution is -2.23. The number of methoxy groups -OCH3 is 2. The summed E-state index contributed by atoms with van der Waals surface area (Å²) in [5.41, 5.74) is 4.23. The molecule has 0 aliphatic heterocycles. The normalized spacial score (nSPS) is 10.9. The Morgan fingerprint density at radius 2 is 1.96 bits per heavy atom. The van der Waals surface area contributed by atoms with E-state index in [0.717, 1.165) is 23.5 Å². The maximum atomic E-state index is 12.3. The largest absolute Gasteiger partial charge is 0.493 e. The second-order valence-corrected chi connectivity index (χ2v) is 7.15. The van der Waals surface area contributed by atoms with Crippen LogP contribution in [0.4, 0.5) is 0 Å². The summed E-state index contributed by atoms with van der Waals surface area (Å²) in [6.07, 6.45) is 1.12. The summed E-state index contributed by atoms with van der Waals surface area (Å²) >= 11 is 0. The molecular formula is C21H31N3O3. The Morgan fingerprint density at radius 3 is 2.59 bits per heavy atom. The Morgan fingerprint density at radius 1 is 1.22 bits per heavy atom. The molecule has 0 unspecified atom stereocenters. The molecule has 0 atom stereocenters. The molecule has 2 aromatic rings. The van der Waals surface area contributed by atoms with Crippen LogP contribution < -0.4 is 14.8 Å². The maximum absolute atomic E-state index is 12.3. The third-order valence-electron chi connectivity index (χ3n) is 4.63. The maximum Gasteiger partial charge on any atom is 0.220 e. The van der Waals surface area contributed by atoms with Crippen molar-refractivity contribution in [1.29, 1.82) is 0 Å². The van der Waals surface area contributed by atoms with Gasteiger partial charge in [-0.3, -0.25) is 9.48 Å². The fourth-order valence-corrected chi connectivity index (χ4v) is 3.23. The molecule has 0 saturated heterocycles. The Bertz CT molecular complexity index is 781. The van der Waals surface area contributed by atoms with Crippen molar-refractivity contribution in [2.45, 2.75) is 53.6 Å². The Kier molecular flexibility index (Phi) is 7.28. The summed E-state index contributed by atoms with van der Waals surface area (Å²) in [4.78, 5) is 12.3. The highest BCUT2D eigenvalue weighted by Crippen LogP contribution is 2.30. The van der Waals surface area contributed by atoms with Gasteiger partial charge in [0.2, 0.25) is 5.91 Å². The number of benzene rings is 1. The number of carbonyl (C=O) groups excluding carboxylic acids is 1. The van der Waals surface area contributed by atoms with Crippen LogP contribution in [0.3, 0.4) is 0 Å². The molecule has 0 aliphatic carbocycles. The first-order valence-corrected chi connectivity index (χ1v) is 9.36. The van der Waals surface area contributed by atoms with Crippen LogP contribution in [-0.2, 0) is 24.3 Å². The van der Waals surface area contributed by atoms with E-state index < -0.39 is 0 Å². The average Bonchev–Trinajstić information content (AvgIpc) is 2.90. The van der Waals surface area contributed by atoms with E-state index in [1.54, 1.807) is 14.2 Å². The lowest BCUT2D eigenvalue weighted by Gasteiger charge is -2.13. The lowest BCUT2D eigenvalue weighted by atomic mass is 10.1. The Balaban J connectivity index is 1.95. The van der Waals surface area contributed by atoms with E-state index in [4.69, 9.17) is 9.47 Å². The fourth-order valence-electron chi connectivity index (χ4n) is 3.23.